The molecule has 0 atom stereocenters. The number of anilines is 1. The van der Waals surface area contributed by atoms with E-state index in [9.17, 15) is 9.59 Å². The predicted octanol–water partition coefficient (Wildman–Crippen LogP) is 2.96. The quantitative estimate of drug-likeness (QED) is 0.864. The van der Waals surface area contributed by atoms with E-state index < -0.39 is 5.97 Å². The lowest BCUT2D eigenvalue weighted by Crippen LogP contribution is -2.21. The second-order valence-corrected chi connectivity index (χ2v) is 4.74. The molecule has 1 aromatic carbocycles. The van der Waals surface area contributed by atoms with E-state index in [1.54, 1.807) is 49.5 Å². The molecule has 0 saturated carbocycles. The summed E-state index contributed by atoms with van der Waals surface area (Å²) in [4.78, 5) is 23.7. The van der Waals surface area contributed by atoms with E-state index in [0.717, 1.165) is 0 Å². The van der Waals surface area contributed by atoms with Crippen LogP contribution in [-0.4, -0.2) is 23.1 Å². The van der Waals surface area contributed by atoms with Gasteiger partial charge in [0.15, 0.2) is 0 Å². The highest BCUT2D eigenvalue weighted by Gasteiger charge is 2.14. The van der Waals surface area contributed by atoms with Crippen molar-refractivity contribution in [1.82, 2.24) is 4.57 Å². The number of ether oxygens (including phenoxy) is 1. The molecule has 0 aliphatic carbocycles. The van der Waals surface area contributed by atoms with Gasteiger partial charge in [-0.25, -0.2) is 4.79 Å². The third kappa shape index (κ3) is 4.10. The Kier molecular flexibility index (Phi) is 5.00. The van der Waals surface area contributed by atoms with Crippen LogP contribution >= 0.6 is 11.6 Å². The first-order valence-electron chi connectivity index (χ1n) is 6.48. The molecule has 1 amide bonds. The summed E-state index contributed by atoms with van der Waals surface area (Å²) in [5, 5.41) is 3.27. The van der Waals surface area contributed by atoms with Crippen molar-refractivity contribution in [3.63, 3.8) is 0 Å². The lowest BCUT2D eigenvalue weighted by molar-refractivity contribution is -0.116. The Morgan fingerprint density at radius 3 is 2.81 bits per heavy atom. The van der Waals surface area contributed by atoms with Gasteiger partial charge < -0.3 is 14.6 Å². The number of benzene rings is 1. The molecule has 2 rings (SSSR count). The van der Waals surface area contributed by atoms with Crippen molar-refractivity contribution in [3.05, 3.63) is 53.3 Å². The first kappa shape index (κ1) is 15.1. The molecule has 0 aliphatic rings. The summed E-state index contributed by atoms with van der Waals surface area (Å²) in [5.74, 6) is -0.697. The van der Waals surface area contributed by atoms with Crippen LogP contribution in [0.15, 0.2) is 42.6 Å². The monoisotopic (exact) mass is 306 g/mol. The SMILES string of the molecule is CCOC(=O)c1cccn1CC(=O)Nc1cccc(Cl)c1. The first-order valence-corrected chi connectivity index (χ1v) is 6.85. The Morgan fingerprint density at radius 2 is 2.10 bits per heavy atom. The maximum absolute atomic E-state index is 12.0. The fraction of sp³-hybridized carbons (Fsp3) is 0.200. The molecule has 1 aromatic heterocycles. The summed E-state index contributed by atoms with van der Waals surface area (Å²) < 4.78 is 6.47. The summed E-state index contributed by atoms with van der Waals surface area (Å²) in [7, 11) is 0. The lowest BCUT2D eigenvalue weighted by atomic mass is 10.3. The standard InChI is InChI=1S/C15H15ClN2O3/c1-2-21-15(20)13-7-4-8-18(13)10-14(19)17-12-6-3-5-11(16)9-12/h3-9H,2,10H2,1H3,(H,17,19). The summed E-state index contributed by atoms with van der Waals surface area (Å²) in [6, 6.07) is 10.2. The zero-order chi connectivity index (χ0) is 15.2. The van der Waals surface area contributed by atoms with Crippen molar-refractivity contribution in [2.45, 2.75) is 13.5 Å². The van der Waals surface area contributed by atoms with Crippen LogP contribution in [0.4, 0.5) is 5.69 Å². The number of halogens is 1. The van der Waals surface area contributed by atoms with Gasteiger partial charge in [-0.05, 0) is 37.3 Å². The van der Waals surface area contributed by atoms with Gasteiger partial charge >= 0.3 is 5.97 Å². The smallest absolute Gasteiger partial charge is 0.354 e. The minimum Gasteiger partial charge on any atom is -0.461 e. The molecule has 0 spiro atoms. The minimum atomic E-state index is -0.446. The molecule has 0 bridgehead atoms. The van der Waals surface area contributed by atoms with Gasteiger partial charge in [0.05, 0.1) is 6.61 Å². The summed E-state index contributed by atoms with van der Waals surface area (Å²) in [6.45, 7) is 2.05. The average molecular weight is 307 g/mol. The summed E-state index contributed by atoms with van der Waals surface area (Å²) in [5.41, 5.74) is 0.954. The normalized spacial score (nSPS) is 10.2. The molecule has 1 heterocycles. The van der Waals surface area contributed by atoms with Crippen LogP contribution in [0.2, 0.25) is 5.02 Å². The third-order valence-corrected chi connectivity index (χ3v) is 2.97. The summed E-state index contributed by atoms with van der Waals surface area (Å²) >= 11 is 5.85. The van der Waals surface area contributed by atoms with Crippen LogP contribution < -0.4 is 5.32 Å². The summed E-state index contributed by atoms with van der Waals surface area (Å²) in [6.07, 6.45) is 1.66. The Hall–Kier alpha value is -2.27. The van der Waals surface area contributed by atoms with E-state index in [2.05, 4.69) is 5.32 Å². The number of nitrogens with zero attached hydrogens (tertiary/aromatic N) is 1. The van der Waals surface area contributed by atoms with Crippen LogP contribution in [0.3, 0.4) is 0 Å². The molecular formula is C15H15ClN2O3. The van der Waals surface area contributed by atoms with E-state index in [0.29, 0.717) is 23.0 Å². The first-order chi connectivity index (χ1) is 10.1. The maximum atomic E-state index is 12.0. The van der Waals surface area contributed by atoms with Crippen molar-refractivity contribution in [2.75, 3.05) is 11.9 Å². The predicted molar refractivity (Wildman–Crippen MR) is 80.5 cm³/mol. The third-order valence-electron chi connectivity index (χ3n) is 2.74. The fourth-order valence-electron chi connectivity index (χ4n) is 1.86. The number of esters is 1. The second-order valence-electron chi connectivity index (χ2n) is 4.30. The highest BCUT2D eigenvalue weighted by molar-refractivity contribution is 6.30. The van der Waals surface area contributed by atoms with Crippen LogP contribution in [0.25, 0.3) is 0 Å². The van der Waals surface area contributed by atoms with Gasteiger partial charge in [0.2, 0.25) is 5.91 Å². The Labute approximate surface area is 127 Å². The maximum Gasteiger partial charge on any atom is 0.354 e. The van der Waals surface area contributed by atoms with E-state index >= 15 is 0 Å². The molecule has 2 aromatic rings. The Morgan fingerprint density at radius 1 is 1.29 bits per heavy atom. The Bertz CT molecular complexity index is 652. The fourth-order valence-corrected chi connectivity index (χ4v) is 2.05. The molecule has 0 saturated heterocycles. The molecule has 1 N–H and O–H groups in total. The topological polar surface area (TPSA) is 60.3 Å². The minimum absolute atomic E-state index is 0.0215. The van der Waals surface area contributed by atoms with Gasteiger partial charge in [-0.1, -0.05) is 17.7 Å². The largest absolute Gasteiger partial charge is 0.461 e. The van der Waals surface area contributed by atoms with Gasteiger partial charge in [-0.3, -0.25) is 4.79 Å². The van der Waals surface area contributed by atoms with Crippen LogP contribution in [0.1, 0.15) is 17.4 Å². The van der Waals surface area contributed by atoms with Crippen molar-refractivity contribution in [1.29, 1.82) is 0 Å². The van der Waals surface area contributed by atoms with Crippen molar-refractivity contribution in [3.8, 4) is 0 Å². The molecule has 110 valence electrons. The van der Waals surface area contributed by atoms with Crippen molar-refractivity contribution in [2.24, 2.45) is 0 Å². The molecule has 6 heteroatoms. The number of amides is 1. The van der Waals surface area contributed by atoms with Gasteiger partial charge in [0.1, 0.15) is 12.2 Å². The van der Waals surface area contributed by atoms with Gasteiger partial charge in [-0.15, -0.1) is 0 Å². The Balaban J connectivity index is 2.03. The molecule has 0 unspecified atom stereocenters. The molecule has 5 nitrogen and oxygen atoms in total. The second kappa shape index (κ2) is 6.95. The van der Waals surface area contributed by atoms with Gasteiger partial charge in [0, 0.05) is 16.9 Å². The van der Waals surface area contributed by atoms with E-state index in [1.807, 2.05) is 0 Å². The molecular weight excluding hydrogens is 292 g/mol. The van der Waals surface area contributed by atoms with Crippen LogP contribution in [0.5, 0.6) is 0 Å². The van der Waals surface area contributed by atoms with Crippen molar-refractivity contribution >= 4 is 29.2 Å². The average Bonchev–Trinajstić information content (AvgIpc) is 2.87. The molecule has 0 fully saturated rings. The van der Waals surface area contributed by atoms with Crippen molar-refractivity contribution < 1.29 is 14.3 Å². The lowest BCUT2D eigenvalue weighted by Gasteiger charge is -2.09. The zero-order valence-electron chi connectivity index (χ0n) is 11.5. The van der Waals surface area contributed by atoms with E-state index in [1.165, 1.54) is 4.57 Å². The number of hydrogen-bond acceptors (Lipinski definition) is 3. The van der Waals surface area contributed by atoms with E-state index in [-0.39, 0.29) is 12.5 Å². The van der Waals surface area contributed by atoms with Gasteiger partial charge in [0.25, 0.3) is 0 Å². The number of hydrogen-bond donors (Lipinski definition) is 1. The zero-order valence-corrected chi connectivity index (χ0v) is 12.3. The number of rotatable bonds is 5. The highest BCUT2D eigenvalue weighted by atomic mass is 35.5. The molecule has 0 aliphatic heterocycles. The number of nitrogens with one attached hydrogen (secondary N) is 1. The molecule has 0 radical (unpaired) electrons. The number of carbonyl (C=O) groups is 2. The van der Waals surface area contributed by atoms with Gasteiger partial charge in [-0.2, -0.15) is 0 Å². The number of carbonyl (C=O) groups excluding carboxylic acids is 2. The number of aromatic nitrogens is 1. The molecule has 21 heavy (non-hydrogen) atoms. The van der Waals surface area contributed by atoms with E-state index in [4.69, 9.17) is 16.3 Å². The van der Waals surface area contributed by atoms with Crippen LogP contribution in [0, 0.1) is 0 Å². The highest BCUT2D eigenvalue weighted by Crippen LogP contribution is 2.15. The van der Waals surface area contributed by atoms with Crippen LogP contribution in [-0.2, 0) is 16.1 Å².